The Labute approximate surface area is 170 Å². The van der Waals surface area contributed by atoms with E-state index in [1.54, 1.807) is 19.2 Å². The summed E-state index contributed by atoms with van der Waals surface area (Å²) in [5.41, 5.74) is 2.39. The topological polar surface area (TPSA) is 106 Å². The fourth-order valence-electron chi connectivity index (χ4n) is 2.42. The third kappa shape index (κ3) is 4.42. The summed E-state index contributed by atoms with van der Waals surface area (Å²) in [6.07, 6.45) is 0. The molecular weight excluding hydrogens is 400 g/mol. The molecule has 28 heavy (non-hydrogen) atoms. The summed E-state index contributed by atoms with van der Waals surface area (Å²) < 4.78 is 6.89. The van der Waals surface area contributed by atoms with E-state index in [-0.39, 0.29) is 11.7 Å². The SMILES string of the molecule is COc1ccc(C)cc1-n1nnnc1SCC(=O)Nc1cc(Cl)ccc1C#N. The summed E-state index contributed by atoms with van der Waals surface area (Å²) in [6.45, 7) is 1.95. The quantitative estimate of drug-likeness (QED) is 0.617. The number of hydrogen-bond acceptors (Lipinski definition) is 7. The van der Waals surface area contributed by atoms with Gasteiger partial charge < -0.3 is 10.1 Å². The van der Waals surface area contributed by atoms with Crippen LogP contribution in [0.4, 0.5) is 5.69 Å². The zero-order valence-corrected chi connectivity index (χ0v) is 16.6. The third-order valence-corrected chi connectivity index (χ3v) is 4.87. The van der Waals surface area contributed by atoms with Crippen molar-refractivity contribution in [3.63, 3.8) is 0 Å². The van der Waals surface area contributed by atoms with Gasteiger partial charge in [-0.25, -0.2) is 0 Å². The molecule has 8 nitrogen and oxygen atoms in total. The number of amides is 1. The van der Waals surface area contributed by atoms with Crippen molar-refractivity contribution >= 4 is 35.0 Å². The number of carbonyl (C=O) groups is 1. The summed E-state index contributed by atoms with van der Waals surface area (Å²) in [4.78, 5) is 12.3. The Hall–Kier alpha value is -3.09. The number of hydrogen-bond donors (Lipinski definition) is 1. The molecule has 3 rings (SSSR count). The maximum absolute atomic E-state index is 12.3. The van der Waals surface area contributed by atoms with Gasteiger partial charge in [0.25, 0.3) is 0 Å². The van der Waals surface area contributed by atoms with Crippen LogP contribution in [0.1, 0.15) is 11.1 Å². The van der Waals surface area contributed by atoms with Gasteiger partial charge in [0.2, 0.25) is 11.1 Å². The van der Waals surface area contributed by atoms with E-state index in [4.69, 9.17) is 21.6 Å². The highest BCUT2D eigenvalue weighted by molar-refractivity contribution is 7.99. The molecule has 1 amide bonds. The lowest BCUT2D eigenvalue weighted by Gasteiger charge is -2.10. The van der Waals surface area contributed by atoms with Gasteiger partial charge >= 0.3 is 0 Å². The zero-order valence-electron chi connectivity index (χ0n) is 15.0. The van der Waals surface area contributed by atoms with Gasteiger partial charge in [-0.05, 0) is 53.2 Å². The molecule has 0 aliphatic rings. The fourth-order valence-corrected chi connectivity index (χ4v) is 3.28. The normalized spacial score (nSPS) is 10.4. The van der Waals surface area contributed by atoms with E-state index >= 15 is 0 Å². The van der Waals surface area contributed by atoms with E-state index in [0.29, 0.717) is 32.9 Å². The van der Waals surface area contributed by atoms with Crippen LogP contribution in [0.2, 0.25) is 5.02 Å². The van der Waals surface area contributed by atoms with Gasteiger partial charge in [-0.3, -0.25) is 4.79 Å². The van der Waals surface area contributed by atoms with Crippen LogP contribution in [-0.2, 0) is 4.79 Å². The van der Waals surface area contributed by atoms with E-state index in [9.17, 15) is 4.79 Å². The van der Waals surface area contributed by atoms with E-state index in [1.165, 1.54) is 10.7 Å². The molecule has 0 aliphatic heterocycles. The Morgan fingerprint density at radius 3 is 2.93 bits per heavy atom. The van der Waals surface area contributed by atoms with Crippen LogP contribution < -0.4 is 10.1 Å². The summed E-state index contributed by atoms with van der Waals surface area (Å²) in [5, 5.41) is 24.4. The highest BCUT2D eigenvalue weighted by Crippen LogP contribution is 2.27. The minimum atomic E-state index is -0.311. The summed E-state index contributed by atoms with van der Waals surface area (Å²) in [6, 6.07) is 12.3. The Kier molecular flexibility index (Phi) is 6.13. The lowest BCUT2D eigenvalue weighted by Crippen LogP contribution is -2.15. The molecule has 1 aromatic heterocycles. The number of halogens is 1. The molecule has 0 atom stereocenters. The Morgan fingerprint density at radius 1 is 1.36 bits per heavy atom. The summed E-state index contributed by atoms with van der Waals surface area (Å²) in [7, 11) is 1.57. The van der Waals surface area contributed by atoms with Gasteiger partial charge in [0.05, 0.1) is 24.1 Å². The molecule has 1 heterocycles. The van der Waals surface area contributed by atoms with Crippen LogP contribution >= 0.6 is 23.4 Å². The first-order chi connectivity index (χ1) is 13.5. The number of aryl methyl sites for hydroxylation is 1. The number of anilines is 1. The Morgan fingerprint density at radius 2 is 2.18 bits per heavy atom. The maximum atomic E-state index is 12.3. The molecule has 0 saturated carbocycles. The second-order valence-electron chi connectivity index (χ2n) is 5.69. The number of nitrogens with zero attached hydrogens (tertiary/aromatic N) is 5. The molecule has 3 aromatic rings. The number of nitriles is 1. The van der Waals surface area contributed by atoms with Crippen LogP contribution in [-0.4, -0.2) is 39.0 Å². The van der Waals surface area contributed by atoms with Gasteiger partial charge in [0.1, 0.15) is 17.5 Å². The van der Waals surface area contributed by atoms with Crippen molar-refractivity contribution in [3.8, 4) is 17.5 Å². The first-order valence-corrected chi connectivity index (χ1v) is 9.44. The highest BCUT2D eigenvalue weighted by Gasteiger charge is 2.16. The Balaban J connectivity index is 1.74. The van der Waals surface area contributed by atoms with Gasteiger partial charge in [0.15, 0.2) is 0 Å². The van der Waals surface area contributed by atoms with Gasteiger partial charge in [-0.15, -0.1) is 5.10 Å². The molecule has 10 heteroatoms. The molecule has 0 aliphatic carbocycles. The molecule has 142 valence electrons. The van der Waals surface area contributed by atoms with Crippen molar-refractivity contribution in [1.82, 2.24) is 20.2 Å². The van der Waals surface area contributed by atoms with E-state index in [0.717, 1.165) is 17.3 Å². The first-order valence-electron chi connectivity index (χ1n) is 8.07. The maximum Gasteiger partial charge on any atom is 0.234 e. The molecule has 0 bridgehead atoms. The van der Waals surface area contributed by atoms with Crippen LogP contribution in [0, 0.1) is 18.3 Å². The minimum Gasteiger partial charge on any atom is -0.494 e. The van der Waals surface area contributed by atoms with Crippen LogP contribution in [0.3, 0.4) is 0 Å². The molecule has 0 fully saturated rings. The molecule has 1 N–H and O–H groups in total. The minimum absolute atomic E-state index is 0.0475. The number of carbonyl (C=O) groups excluding carboxylic acids is 1. The van der Waals surface area contributed by atoms with Crippen molar-refractivity contribution in [2.45, 2.75) is 12.1 Å². The number of aromatic nitrogens is 4. The van der Waals surface area contributed by atoms with Crippen LogP contribution in [0.15, 0.2) is 41.6 Å². The van der Waals surface area contributed by atoms with E-state index < -0.39 is 0 Å². The summed E-state index contributed by atoms with van der Waals surface area (Å²) >= 11 is 7.10. The molecule has 0 unspecified atom stereocenters. The van der Waals surface area contributed by atoms with E-state index in [2.05, 4.69) is 20.8 Å². The van der Waals surface area contributed by atoms with Crippen molar-refractivity contribution < 1.29 is 9.53 Å². The number of benzene rings is 2. The highest BCUT2D eigenvalue weighted by atomic mass is 35.5. The number of rotatable bonds is 6. The predicted molar refractivity (Wildman–Crippen MR) is 106 cm³/mol. The molecular formula is C18H15ClN6O2S. The molecule has 0 saturated heterocycles. The fraction of sp³-hybridized carbons (Fsp3) is 0.167. The average molecular weight is 415 g/mol. The standard InChI is InChI=1S/C18H15ClN6O2S/c1-11-3-6-16(27-2)15(7-11)25-18(22-23-24-25)28-10-17(26)21-14-8-13(19)5-4-12(14)9-20/h3-8H,10H2,1-2H3,(H,21,26). The number of methoxy groups -OCH3 is 1. The number of nitrogens with one attached hydrogen (secondary N) is 1. The predicted octanol–water partition coefficient (Wildman–Crippen LogP) is 3.24. The molecule has 0 spiro atoms. The molecule has 2 aromatic carbocycles. The summed E-state index contributed by atoms with van der Waals surface area (Å²) in [5.74, 6) is 0.350. The third-order valence-electron chi connectivity index (χ3n) is 3.71. The van der Waals surface area contributed by atoms with Gasteiger partial charge in [-0.2, -0.15) is 9.94 Å². The van der Waals surface area contributed by atoms with Crippen LogP contribution in [0.5, 0.6) is 5.75 Å². The molecule has 0 radical (unpaired) electrons. The first kappa shape index (κ1) is 19.7. The average Bonchev–Trinajstić information content (AvgIpc) is 3.15. The Bertz CT molecular complexity index is 1060. The van der Waals surface area contributed by atoms with Crippen molar-refractivity contribution in [3.05, 3.63) is 52.5 Å². The van der Waals surface area contributed by atoms with Gasteiger partial charge in [-0.1, -0.05) is 29.4 Å². The van der Waals surface area contributed by atoms with Crippen LogP contribution in [0.25, 0.3) is 5.69 Å². The van der Waals surface area contributed by atoms with E-state index in [1.807, 2.05) is 31.2 Å². The lowest BCUT2D eigenvalue weighted by atomic mass is 10.2. The lowest BCUT2D eigenvalue weighted by molar-refractivity contribution is -0.113. The number of tetrazole rings is 1. The number of thioether (sulfide) groups is 1. The number of ether oxygens (including phenoxy) is 1. The van der Waals surface area contributed by atoms with Gasteiger partial charge in [0, 0.05) is 5.02 Å². The largest absolute Gasteiger partial charge is 0.494 e. The second kappa shape index (κ2) is 8.73. The second-order valence-corrected chi connectivity index (χ2v) is 7.07. The van der Waals surface area contributed by atoms with Crippen molar-refractivity contribution in [1.29, 1.82) is 5.26 Å². The van der Waals surface area contributed by atoms with Crippen molar-refractivity contribution in [2.75, 3.05) is 18.2 Å². The monoisotopic (exact) mass is 414 g/mol. The zero-order chi connectivity index (χ0) is 20.1. The van der Waals surface area contributed by atoms with Crippen molar-refractivity contribution in [2.24, 2.45) is 0 Å². The smallest absolute Gasteiger partial charge is 0.234 e.